The Morgan fingerprint density at radius 1 is 1.19 bits per heavy atom. The summed E-state index contributed by atoms with van der Waals surface area (Å²) in [5.41, 5.74) is 10.0. The molecule has 90 valence electrons. The van der Waals surface area contributed by atoms with Crippen molar-refractivity contribution in [3.05, 3.63) is 33.8 Å². The third-order valence-corrected chi connectivity index (χ3v) is 3.19. The molecule has 0 aliphatic rings. The summed E-state index contributed by atoms with van der Waals surface area (Å²) in [5, 5.41) is 0.823. The van der Waals surface area contributed by atoms with Gasteiger partial charge in [-0.2, -0.15) is 0 Å². The minimum Gasteiger partial charge on any atom is -0.324 e. The molecule has 0 spiro atoms. The molecule has 1 aromatic carbocycles. The lowest BCUT2D eigenvalue weighted by atomic mass is 9.84. The monoisotopic (exact) mass is 239 g/mol. The summed E-state index contributed by atoms with van der Waals surface area (Å²) >= 11 is 6.08. The molecule has 0 saturated heterocycles. The fourth-order valence-corrected chi connectivity index (χ4v) is 2.19. The van der Waals surface area contributed by atoms with E-state index >= 15 is 0 Å². The minimum absolute atomic E-state index is 0.0935. The zero-order valence-electron chi connectivity index (χ0n) is 10.9. The fraction of sp³-hybridized carbons (Fsp3) is 0.571. The normalized spacial score (nSPS) is 13.9. The second-order valence-corrected chi connectivity index (χ2v) is 6.24. The van der Waals surface area contributed by atoms with E-state index in [1.165, 1.54) is 11.1 Å². The highest BCUT2D eigenvalue weighted by Crippen LogP contribution is 2.31. The Labute approximate surface area is 104 Å². The van der Waals surface area contributed by atoms with E-state index in [0.29, 0.717) is 0 Å². The average Bonchev–Trinajstić information content (AvgIpc) is 2.08. The van der Waals surface area contributed by atoms with Crippen molar-refractivity contribution in [1.29, 1.82) is 0 Å². The van der Waals surface area contributed by atoms with Crippen molar-refractivity contribution in [3.63, 3.8) is 0 Å². The molecule has 2 N–H and O–H groups in total. The number of hydrogen-bond acceptors (Lipinski definition) is 1. The van der Waals surface area contributed by atoms with Crippen LogP contribution in [0.1, 0.15) is 49.9 Å². The quantitative estimate of drug-likeness (QED) is 0.814. The lowest BCUT2D eigenvalue weighted by Gasteiger charge is -2.25. The Kier molecular flexibility index (Phi) is 4.03. The Morgan fingerprint density at radius 3 is 2.25 bits per heavy atom. The fourth-order valence-electron chi connectivity index (χ4n) is 1.97. The highest BCUT2D eigenvalue weighted by atomic mass is 35.5. The van der Waals surface area contributed by atoms with Gasteiger partial charge in [-0.05, 0) is 48.4 Å². The van der Waals surface area contributed by atoms with Gasteiger partial charge in [-0.25, -0.2) is 0 Å². The van der Waals surface area contributed by atoms with E-state index in [1.54, 1.807) is 0 Å². The largest absolute Gasteiger partial charge is 0.324 e. The van der Waals surface area contributed by atoms with E-state index in [2.05, 4.69) is 33.8 Å². The van der Waals surface area contributed by atoms with Crippen LogP contribution in [0, 0.1) is 19.3 Å². The van der Waals surface area contributed by atoms with Crippen molar-refractivity contribution in [2.75, 3.05) is 0 Å². The zero-order valence-corrected chi connectivity index (χ0v) is 11.7. The first-order valence-corrected chi connectivity index (χ1v) is 6.11. The maximum Gasteiger partial charge on any atom is 0.0438 e. The van der Waals surface area contributed by atoms with Gasteiger partial charge in [0.05, 0.1) is 0 Å². The van der Waals surface area contributed by atoms with Gasteiger partial charge in [-0.1, -0.05) is 38.4 Å². The van der Waals surface area contributed by atoms with Crippen molar-refractivity contribution in [2.24, 2.45) is 11.1 Å². The van der Waals surface area contributed by atoms with Crippen molar-refractivity contribution >= 4 is 11.6 Å². The number of aryl methyl sites for hydroxylation is 2. The Bertz CT molecular complexity index is 377. The Balaban J connectivity index is 3.00. The molecule has 1 unspecified atom stereocenters. The number of hydrogen-bond donors (Lipinski definition) is 1. The van der Waals surface area contributed by atoms with Gasteiger partial charge in [-0.15, -0.1) is 0 Å². The molecule has 1 aromatic rings. The maximum absolute atomic E-state index is 6.26. The SMILES string of the molecule is Cc1cc(C(N)CC(C)(C)C)c(C)cc1Cl. The van der Waals surface area contributed by atoms with E-state index in [9.17, 15) is 0 Å². The van der Waals surface area contributed by atoms with Crippen LogP contribution in [0.2, 0.25) is 5.02 Å². The predicted octanol–water partition coefficient (Wildman–Crippen LogP) is 4.39. The molecule has 0 aromatic heterocycles. The maximum atomic E-state index is 6.26. The highest BCUT2D eigenvalue weighted by molar-refractivity contribution is 6.31. The molecular formula is C14H22ClN. The second kappa shape index (κ2) is 4.77. The number of rotatable bonds is 2. The number of halogens is 1. The van der Waals surface area contributed by atoms with E-state index in [-0.39, 0.29) is 11.5 Å². The second-order valence-electron chi connectivity index (χ2n) is 5.83. The van der Waals surface area contributed by atoms with Gasteiger partial charge in [0.25, 0.3) is 0 Å². The smallest absolute Gasteiger partial charge is 0.0438 e. The summed E-state index contributed by atoms with van der Waals surface area (Å²) in [6, 6.07) is 4.22. The average molecular weight is 240 g/mol. The third-order valence-electron chi connectivity index (χ3n) is 2.78. The van der Waals surface area contributed by atoms with E-state index in [1.807, 2.05) is 13.0 Å². The first-order valence-electron chi connectivity index (χ1n) is 5.73. The molecule has 0 saturated carbocycles. The third kappa shape index (κ3) is 3.50. The van der Waals surface area contributed by atoms with Crippen LogP contribution in [0.4, 0.5) is 0 Å². The molecule has 1 atom stereocenters. The molecule has 0 aliphatic carbocycles. The Morgan fingerprint density at radius 2 is 1.75 bits per heavy atom. The van der Waals surface area contributed by atoms with Gasteiger partial charge in [0.1, 0.15) is 0 Å². The topological polar surface area (TPSA) is 26.0 Å². The lowest BCUT2D eigenvalue weighted by Crippen LogP contribution is -2.19. The molecule has 0 amide bonds. The van der Waals surface area contributed by atoms with Crippen LogP contribution < -0.4 is 5.73 Å². The molecule has 2 heteroatoms. The highest BCUT2D eigenvalue weighted by Gasteiger charge is 2.18. The molecule has 0 radical (unpaired) electrons. The van der Waals surface area contributed by atoms with Crippen molar-refractivity contribution in [3.8, 4) is 0 Å². The summed E-state index contributed by atoms with van der Waals surface area (Å²) in [6.07, 6.45) is 0.981. The lowest BCUT2D eigenvalue weighted by molar-refractivity contribution is 0.342. The van der Waals surface area contributed by atoms with Crippen molar-refractivity contribution < 1.29 is 0 Å². The van der Waals surface area contributed by atoms with Gasteiger partial charge >= 0.3 is 0 Å². The summed E-state index contributed by atoms with van der Waals surface area (Å²) < 4.78 is 0. The molecule has 0 heterocycles. The molecule has 1 nitrogen and oxygen atoms in total. The van der Waals surface area contributed by atoms with E-state index in [4.69, 9.17) is 17.3 Å². The van der Waals surface area contributed by atoms with E-state index < -0.39 is 0 Å². The molecule has 0 aliphatic heterocycles. The van der Waals surface area contributed by atoms with Crippen LogP contribution in [0.5, 0.6) is 0 Å². The molecule has 0 bridgehead atoms. The standard InChI is InChI=1S/C14H22ClN/c1-9-7-12(15)10(2)6-11(9)13(16)8-14(3,4)5/h6-7,13H,8,16H2,1-5H3. The molecule has 0 fully saturated rings. The molecular weight excluding hydrogens is 218 g/mol. The van der Waals surface area contributed by atoms with Gasteiger partial charge in [-0.3, -0.25) is 0 Å². The van der Waals surface area contributed by atoms with Crippen LogP contribution in [0.15, 0.2) is 12.1 Å². The van der Waals surface area contributed by atoms with Crippen LogP contribution in [0.25, 0.3) is 0 Å². The molecule has 1 rings (SSSR count). The van der Waals surface area contributed by atoms with Crippen LogP contribution in [-0.4, -0.2) is 0 Å². The van der Waals surface area contributed by atoms with Gasteiger partial charge in [0.2, 0.25) is 0 Å². The zero-order chi connectivity index (χ0) is 12.5. The number of nitrogens with two attached hydrogens (primary N) is 1. The van der Waals surface area contributed by atoms with Crippen molar-refractivity contribution in [1.82, 2.24) is 0 Å². The van der Waals surface area contributed by atoms with Crippen LogP contribution in [0.3, 0.4) is 0 Å². The minimum atomic E-state index is 0.0935. The van der Waals surface area contributed by atoms with Gasteiger partial charge < -0.3 is 5.73 Å². The summed E-state index contributed by atoms with van der Waals surface area (Å²) in [5.74, 6) is 0. The number of benzene rings is 1. The predicted molar refractivity (Wildman–Crippen MR) is 71.9 cm³/mol. The van der Waals surface area contributed by atoms with E-state index in [0.717, 1.165) is 17.0 Å². The summed E-state index contributed by atoms with van der Waals surface area (Å²) in [4.78, 5) is 0. The van der Waals surface area contributed by atoms with Crippen LogP contribution >= 0.6 is 11.6 Å². The molecule has 16 heavy (non-hydrogen) atoms. The van der Waals surface area contributed by atoms with Gasteiger partial charge in [0.15, 0.2) is 0 Å². The summed E-state index contributed by atoms with van der Waals surface area (Å²) in [6.45, 7) is 10.7. The first-order chi connectivity index (χ1) is 7.20. The first kappa shape index (κ1) is 13.5. The Hall–Kier alpha value is -0.530. The van der Waals surface area contributed by atoms with Crippen molar-refractivity contribution in [2.45, 2.75) is 47.1 Å². The van der Waals surface area contributed by atoms with Gasteiger partial charge in [0, 0.05) is 11.1 Å². The summed E-state index contributed by atoms with van der Waals surface area (Å²) in [7, 11) is 0. The van der Waals surface area contributed by atoms with Crippen LogP contribution in [-0.2, 0) is 0 Å².